The Kier molecular flexibility index (Phi) is 2.12. The Morgan fingerprint density at radius 3 is 2.69 bits per heavy atom. The van der Waals surface area contributed by atoms with E-state index in [1.165, 1.54) is 12.8 Å². The lowest BCUT2D eigenvalue weighted by Gasteiger charge is -2.71. The molecule has 0 spiro atoms. The molecule has 0 aliphatic heterocycles. The molecule has 4 saturated carbocycles. The standard InChI is InChI=1S/C15H24O/c1-8(2)10-5-6-15(4)11-7-12(16)9(3)14(15)13(10)11/h8,10-14,16H,3,5-7H2,1-2,4H3/t10-,11?,12?,13?,14?,15?/m0/s1. The predicted molar refractivity (Wildman–Crippen MR) is 65.9 cm³/mol. The average molecular weight is 220 g/mol. The third-order valence-corrected chi connectivity index (χ3v) is 6.08. The summed E-state index contributed by atoms with van der Waals surface area (Å²) in [6.45, 7) is 11.3. The van der Waals surface area contributed by atoms with Crippen molar-refractivity contribution in [2.45, 2.75) is 46.1 Å². The molecular weight excluding hydrogens is 196 g/mol. The summed E-state index contributed by atoms with van der Waals surface area (Å²) in [5.41, 5.74) is 1.65. The van der Waals surface area contributed by atoms with E-state index in [1.54, 1.807) is 0 Å². The van der Waals surface area contributed by atoms with Crippen LogP contribution in [0.1, 0.15) is 40.0 Å². The van der Waals surface area contributed by atoms with Crippen molar-refractivity contribution in [3.05, 3.63) is 12.2 Å². The molecule has 1 N–H and O–H groups in total. The van der Waals surface area contributed by atoms with Crippen molar-refractivity contribution in [2.24, 2.45) is 35.0 Å². The second kappa shape index (κ2) is 3.13. The topological polar surface area (TPSA) is 20.2 Å². The van der Waals surface area contributed by atoms with Crippen LogP contribution in [0.25, 0.3) is 0 Å². The average Bonchev–Trinajstić information content (AvgIpc) is 2.22. The molecule has 6 atom stereocenters. The highest BCUT2D eigenvalue weighted by atomic mass is 16.3. The fraction of sp³-hybridized carbons (Fsp3) is 0.867. The normalized spacial score (nSPS) is 55.1. The summed E-state index contributed by atoms with van der Waals surface area (Å²) in [5.74, 6) is 3.92. The Hall–Kier alpha value is -0.300. The first-order valence-electron chi connectivity index (χ1n) is 6.83. The van der Waals surface area contributed by atoms with Crippen molar-refractivity contribution in [1.82, 2.24) is 0 Å². The van der Waals surface area contributed by atoms with Gasteiger partial charge in [0.15, 0.2) is 0 Å². The summed E-state index contributed by atoms with van der Waals surface area (Å²) in [5, 5.41) is 9.97. The van der Waals surface area contributed by atoms with Crippen LogP contribution in [-0.4, -0.2) is 11.2 Å². The maximum atomic E-state index is 9.97. The zero-order chi connectivity index (χ0) is 11.7. The summed E-state index contributed by atoms with van der Waals surface area (Å²) < 4.78 is 0. The van der Waals surface area contributed by atoms with E-state index < -0.39 is 0 Å². The van der Waals surface area contributed by atoms with Gasteiger partial charge >= 0.3 is 0 Å². The molecule has 4 aliphatic carbocycles. The number of rotatable bonds is 1. The third-order valence-electron chi connectivity index (χ3n) is 6.08. The summed E-state index contributed by atoms with van der Waals surface area (Å²) in [6, 6.07) is 0. The molecule has 0 aromatic heterocycles. The van der Waals surface area contributed by atoms with Crippen LogP contribution in [0.4, 0.5) is 0 Å². The van der Waals surface area contributed by atoms with Gasteiger partial charge in [-0.1, -0.05) is 27.4 Å². The molecule has 16 heavy (non-hydrogen) atoms. The van der Waals surface area contributed by atoms with Crippen LogP contribution in [-0.2, 0) is 0 Å². The van der Waals surface area contributed by atoms with Crippen molar-refractivity contribution < 1.29 is 5.11 Å². The minimum atomic E-state index is -0.203. The van der Waals surface area contributed by atoms with E-state index in [4.69, 9.17) is 0 Å². The zero-order valence-corrected chi connectivity index (χ0v) is 10.7. The first-order valence-corrected chi connectivity index (χ1v) is 6.83. The number of fused-ring (bicyclic) bond motifs is 2. The van der Waals surface area contributed by atoms with E-state index in [0.717, 1.165) is 35.7 Å². The van der Waals surface area contributed by atoms with Crippen LogP contribution >= 0.6 is 0 Å². The Bertz CT molecular complexity index is 332. The molecule has 0 aromatic rings. The second-order valence-electron chi connectivity index (χ2n) is 6.94. The molecule has 0 heterocycles. The van der Waals surface area contributed by atoms with E-state index >= 15 is 0 Å². The lowest BCUT2D eigenvalue weighted by Crippen LogP contribution is -2.67. The van der Waals surface area contributed by atoms with Crippen LogP contribution in [0.5, 0.6) is 0 Å². The fourth-order valence-electron chi connectivity index (χ4n) is 5.25. The van der Waals surface area contributed by atoms with Crippen molar-refractivity contribution in [2.75, 3.05) is 0 Å². The number of aliphatic hydroxyl groups is 1. The van der Waals surface area contributed by atoms with Crippen molar-refractivity contribution in [3.8, 4) is 0 Å². The van der Waals surface area contributed by atoms with E-state index in [2.05, 4.69) is 27.4 Å². The lowest BCUT2D eigenvalue weighted by atomic mass is 9.33. The smallest absolute Gasteiger partial charge is 0.0753 e. The summed E-state index contributed by atoms with van der Waals surface area (Å²) >= 11 is 0. The second-order valence-corrected chi connectivity index (χ2v) is 6.94. The Morgan fingerprint density at radius 2 is 2.12 bits per heavy atom. The van der Waals surface area contributed by atoms with Gasteiger partial charge in [-0.3, -0.25) is 0 Å². The first kappa shape index (κ1) is 10.8. The monoisotopic (exact) mass is 220 g/mol. The van der Waals surface area contributed by atoms with Crippen LogP contribution in [0, 0.1) is 35.0 Å². The quantitative estimate of drug-likeness (QED) is 0.673. The predicted octanol–water partition coefficient (Wildman–Crippen LogP) is 3.24. The molecule has 5 unspecified atom stereocenters. The SMILES string of the molecule is C=C1C(O)CC2C3C1C2(C)CC[C@H]3C(C)C. The van der Waals surface area contributed by atoms with E-state index in [9.17, 15) is 5.11 Å². The third kappa shape index (κ3) is 1.06. The minimum absolute atomic E-state index is 0.203. The van der Waals surface area contributed by atoms with Gasteiger partial charge in [-0.05, 0) is 59.8 Å². The highest BCUT2D eigenvalue weighted by Crippen LogP contribution is 2.72. The summed E-state index contributed by atoms with van der Waals surface area (Å²) in [7, 11) is 0. The van der Waals surface area contributed by atoms with Crippen LogP contribution in [0.15, 0.2) is 12.2 Å². The van der Waals surface area contributed by atoms with Gasteiger partial charge in [-0.15, -0.1) is 0 Å². The molecule has 1 heteroatoms. The number of hydrogen-bond acceptors (Lipinski definition) is 1. The number of hydrogen-bond donors (Lipinski definition) is 1. The van der Waals surface area contributed by atoms with Crippen molar-refractivity contribution >= 4 is 0 Å². The van der Waals surface area contributed by atoms with Gasteiger partial charge < -0.3 is 5.11 Å². The van der Waals surface area contributed by atoms with E-state index in [0.29, 0.717) is 11.3 Å². The molecule has 4 rings (SSSR count). The molecule has 0 amide bonds. The zero-order valence-electron chi connectivity index (χ0n) is 10.7. The van der Waals surface area contributed by atoms with Gasteiger partial charge in [0.2, 0.25) is 0 Å². The largest absolute Gasteiger partial charge is 0.389 e. The Balaban J connectivity index is 1.93. The highest BCUT2D eigenvalue weighted by Gasteiger charge is 2.67. The molecule has 0 saturated heterocycles. The molecule has 1 nitrogen and oxygen atoms in total. The summed E-state index contributed by atoms with van der Waals surface area (Å²) in [4.78, 5) is 0. The Morgan fingerprint density at radius 1 is 1.44 bits per heavy atom. The molecule has 90 valence electrons. The molecule has 4 fully saturated rings. The lowest BCUT2D eigenvalue weighted by molar-refractivity contribution is -0.211. The van der Waals surface area contributed by atoms with Gasteiger partial charge in [-0.2, -0.15) is 0 Å². The highest BCUT2D eigenvalue weighted by molar-refractivity contribution is 5.29. The molecule has 0 radical (unpaired) electrons. The molecule has 4 bridgehead atoms. The van der Waals surface area contributed by atoms with Gasteiger partial charge in [0.05, 0.1) is 6.10 Å². The Labute approximate surface area is 98.9 Å². The van der Waals surface area contributed by atoms with Gasteiger partial charge in [0.1, 0.15) is 0 Å². The maximum absolute atomic E-state index is 9.97. The summed E-state index contributed by atoms with van der Waals surface area (Å²) in [6.07, 6.45) is 3.53. The van der Waals surface area contributed by atoms with Crippen molar-refractivity contribution in [1.29, 1.82) is 0 Å². The van der Waals surface area contributed by atoms with E-state index in [1.807, 2.05) is 0 Å². The first-order chi connectivity index (χ1) is 7.47. The van der Waals surface area contributed by atoms with Crippen LogP contribution in [0.2, 0.25) is 0 Å². The molecule has 4 aliphatic rings. The van der Waals surface area contributed by atoms with Crippen LogP contribution in [0.3, 0.4) is 0 Å². The van der Waals surface area contributed by atoms with E-state index in [-0.39, 0.29) is 6.10 Å². The molecule has 0 aromatic carbocycles. The van der Waals surface area contributed by atoms with Gasteiger partial charge in [0.25, 0.3) is 0 Å². The maximum Gasteiger partial charge on any atom is 0.0753 e. The molecular formula is C15H24O. The minimum Gasteiger partial charge on any atom is -0.389 e. The van der Waals surface area contributed by atoms with Gasteiger partial charge in [0, 0.05) is 0 Å². The number of aliphatic hydroxyl groups excluding tert-OH is 1. The van der Waals surface area contributed by atoms with Gasteiger partial charge in [-0.25, -0.2) is 0 Å². The van der Waals surface area contributed by atoms with Crippen molar-refractivity contribution in [3.63, 3.8) is 0 Å². The fourth-order valence-corrected chi connectivity index (χ4v) is 5.25. The van der Waals surface area contributed by atoms with Crippen LogP contribution < -0.4 is 0 Å².